The summed E-state index contributed by atoms with van der Waals surface area (Å²) in [6, 6.07) is 9.25. The second-order valence-corrected chi connectivity index (χ2v) is 5.90. The van der Waals surface area contributed by atoms with Gasteiger partial charge in [-0.25, -0.2) is 4.79 Å². The molecule has 3 N–H and O–H groups in total. The number of benzene rings is 1. The van der Waals surface area contributed by atoms with Crippen LogP contribution in [0.4, 0.5) is 4.79 Å². The van der Waals surface area contributed by atoms with Crippen LogP contribution in [0.1, 0.15) is 26.2 Å². The van der Waals surface area contributed by atoms with Crippen LogP contribution in [0.25, 0.3) is 11.5 Å². The topological polar surface area (TPSA) is 100 Å². The molecule has 1 aromatic carbocycles. The van der Waals surface area contributed by atoms with Gasteiger partial charge in [-0.1, -0.05) is 32.0 Å². The third-order valence-corrected chi connectivity index (χ3v) is 3.61. The van der Waals surface area contributed by atoms with Gasteiger partial charge in [0.2, 0.25) is 11.8 Å². The summed E-state index contributed by atoms with van der Waals surface area (Å²) in [6.45, 7) is 4.72. The molecule has 7 heteroatoms. The molecule has 2 amide bonds. The molecule has 0 aliphatic carbocycles. The molecule has 1 atom stereocenters. The highest BCUT2D eigenvalue weighted by atomic mass is 16.4. The predicted octanol–water partition coefficient (Wildman–Crippen LogP) is 1.99. The fourth-order valence-corrected chi connectivity index (χ4v) is 2.06. The van der Waals surface area contributed by atoms with Gasteiger partial charge in [-0.15, -0.1) is 10.2 Å². The van der Waals surface area contributed by atoms with Gasteiger partial charge in [0, 0.05) is 25.1 Å². The van der Waals surface area contributed by atoms with Crippen LogP contribution in [0.5, 0.6) is 0 Å². The van der Waals surface area contributed by atoms with Crippen molar-refractivity contribution in [3.8, 4) is 11.5 Å². The van der Waals surface area contributed by atoms with E-state index in [4.69, 9.17) is 4.42 Å². The van der Waals surface area contributed by atoms with Crippen molar-refractivity contribution in [2.75, 3.05) is 13.1 Å². The summed E-state index contributed by atoms with van der Waals surface area (Å²) in [4.78, 5) is 11.6. The first kappa shape index (κ1) is 17.9. The van der Waals surface area contributed by atoms with Crippen molar-refractivity contribution in [2.24, 2.45) is 5.92 Å². The van der Waals surface area contributed by atoms with Crippen LogP contribution in [0.2, 0.25) is 0 Å². The molecule has 0 aliphatic rings. The van der Waals surface area contributed by atoms with Crippen molar-refractivity contribution in [1.29, 1.82) is 0 Å². The number of amides is 2. The van der Waals surface area contributed by atoms with Gasteiger partial charge < -0.3 is 20.2 Å². The smallest absolute Gasteiger partial charge is 0.314 e. The van der Waals surface area contributed by atoms with Crippen molar-refractivity contribution in [3.05, 3.63) is 36.2 Å². The minimum atomic E-state index is -0.403. The number of hydrogen-bond acceptors (Lipinski definition) is 5. The normalized spacial score (nSPS) is 12.2. The lowest BCUT2D eigenvalue weighted by Crippen LogP contribution is -2.38. The summed E-state index contributed by atoms with van der Waals surface area (Å²) in [7, 11) is 0. The molecule has 24 heavy (non-hydrogen) atoms. The molecular formula is C17H24N4O3. The molecule has 0 spiro atoms. The Labute approximate surface area is 141 Å². The molecule has 0 fully saturated rings. The molecule has 7 nitrogen and oxygen atoms in total. The average molecular weight is 332 g/mol. The van der Waals surface area contributed by atoms with Crippen LogP contribution in [-0.4, -0.2) is 40.5 Å². The van der Waals surface area contributed by atoms with Crippen molar-refractivity contribution < 1.29 is 14.3 Å². The third kappa shape index (κ3) is 5.66. The number of hydrogen-bond donors (Lipinski definition) is 3. The number of aromatic nitrogens is 2. The van der Waals surface area contributed by atoms with Crippen molar-refractivity contribution in [1.82, 2.24) is 20.8 Å². The highest BCUT2D eigenvalue weighted by Crippen LogP contribution is 2.16. The lowest BCUT2D eigenvalue weighted by molar-refractivity contribution is 0.116. The molecule has 2 aromatic rings. The first-order valence-electron chi connectivity index (χ1n) is 8.14. The number of nitrogens with one attached hydrogen (secondary N) is 2. The third-order valence-electron chi connectivity index (χ3n) is 3.61. The van der Waals surface area contributed by atoms with E-state index in [2.05, 4.69) is 20.8 Å². The van der Waals surface area contributed by atoms with Gasteiger partial charge in [0.15, 0.2) is 0 Å². The van der Waals surface area contributed by atoms with Crippen molar-refractivity contribution in [2.45, 2.75) is 32.8 Å². The Morgan fingerprint density at radius 1 is 1.17 bits per heavy atom. The molecule has 0 bridgehead atoms. The van der Waals surface area contributed by atoms with E-state index in [9.17, 15) is 9.90 Å². The summed E-state index contributed by atoms with van der Waals surface area (Å²) in [5, 5.41) is 23.1. The van der Waals surface area contributed by atoms with E-state index >= 15 is 0 Å². The largest absolute Gasteiger partial charge is 0.421 e. The van der Waals surface area contributed by atoms with E-state index in [1.165, 1.54) is 0 Å². The van der Waals surface area contributed by atoms with Crippen LogP contribution < -0.4 is 10.6 Å². The zero-order chi connectivity index (χ0) is 17.4. The number of urea groups is 1. The van der Waals surface area contributed by atoms with Crippen molar-refractivity contribution in [3.63, 3.8) is 0 Å². The van der Waals surface area contributed by atoms with E-state index in [-0.39, 0.29) is 11.9 Å². The van der Waals surface area contributed by atoms with Crippen LogP contribution in [0, 0.1) is 5.92 Å². The molecule has 130 valence electrons. The van der Waals surface area contributed by atoms with Gasteiger partial charge in [0.25, 0.3) is 0 Å². The Bertz CT molecular complexity index is 628. The number of carbonyl (C=O) groups excluding carboxylic acids is 1. The highest BCUT2D eigenvalue weighted by molar-refractivity contribution is 5.73. The zero-order valence-electron chi connectivity index (χ0n) is 14.0. The van der Waals surface area contributed by atoms with Gasteiger partial charge in [-0.3, -0.25) is 0 Å². The van der Waals surface area contributed by atoms with Gasteiger partial charge in [-0.05, 0) is 24.5 Å². The second kappa shape index (κ2) is 9.02. The lowest BCUT2D eigenvalue weighted by Gasteiger charge is -2.14. The maximum Gasteiger partial charge on any atom is 0.314 e. The Morgan fingerprint density at radius 2 is 1.88 bits per heavy atom. The lowest BCUT2D eigenvalue weighted by atomic mass is 10.0. The summed E-state index contributed by atoms with van der Waals surface area (Å²) < 4.78 is 5.56. The quantitative estimate of drug-likeness (QED) is 0.686. The maximum absolute atomic E-state index is 11.6. The number of nitrogens with zero attached hydrogens (tertiary/aromatic N) is 2. The summed E-state index contributed by atoms with van der Waals surface area (Å²) >= 11 is 0. The first-order valence-corrected chi connectivity index (χ1v) is 8.14. The van der Waals surface area contributed by atoms with Gasteiger partial charge in [0.1, 0.15) is 0 Å². The average Bonchev–Trinajstić information content (AvgIpc) is 3.04. The van der Waals surface area contributed by atoms with Crippen LogP contribution in [-0.2, 0) is 6.42 Å². The molecule has 2 rings (SSSR count). The minimum Gasteiger partial charge on any atom is -0.421 e. The predicted molar refractivity (Wildman–Crippen MR) is 90.3 cm³/mol. The number of aliphatic hydroxyl groups excluding tert-OH is 1. The summed E-state index contributed by atoms with van der Waals surface area (Å²) in [5.74, 6) is 1.13. The van der Waals surface area contributed by atoms with E-state index in [0.717, 1.165) is 5.56 Å². The van der Waals surface area contributed by atoms with Gasteiger partial charge in [0.05, 0.1) is 6.10 Å². The van der Waals surface area contributed by atoms with Crippen LogP contribution >= 0.6 is 0 Å². The minimum absolute atomic E-state index is 0.186. The molecule has 1 aromatic heterocycles. The molecule has 0 aliphatic heterocycles. The van der Waals surface area contributed by atoms with E-state index in [1.807, 2.05) is 44.2 Å². The van der Waals surface area contributed by atoms with E-state index in [0.29, 0.717) is 37.7 Å². The first-order chi connectivity index (χ1) is 11.6. The number of carbonyl (C=O) groups is 1. The monoisotopic (exact) mass is 332 g/mol. The van der Waals surface area contributed by atoms with Gasteiger partial charge in [-0.2, -0.15) is 0 Å². The Hall–Kier alpha value is -2.41. The molecular weight excluding hydrogens is 308 g/mol. The van der Waals surface area contributed by atoms with E-state index in [1.54, 1.807) is 0 Å². The Balaban J connectivity index is 1.67. The van der Waals surface area contributed by atoms with Gasteiger partial charge >= 0.3 is 6.03 Å². The SMILES string of the molecule is CC(C)C(O)CCNC(=O)NCCc1nnc(-c2ccccc2)o1. The van der Waals surface area contributed by atoms with Crippen LogP contribution in [0.3, 0.4) is 0 Å². The fourth-order valence-electron chi connectivity index (χ4n) is 2.06. The molecule has 1 heterocycles. The Kier molecular flexibility index (Phi) is 6.74. The highest BCUT2D eigenvalue weighted by Gasteiger charge is 2.10. The van der Waals surface area contributed by atoms with Crippen LogP contribution in [0.15, 0.2) is 34.7 Å². The van der Waals surface area contributed by atoms with Crippen molar-refractivity contribution >= 4 is 6.03 Å². The second-order valence-electron chi connectivity index (χ2n) is 5.90. The fraction of sp³-hybridized carbons (Fsp3) is 0.471. The summed E-state index contributed by atoms with van der Waals surface area (Å²) in [5.41, 5.74) is 0.866. The molecule has 0 saturated carbocycles. The number of rotatable bonds is 8. The Morgan fingerprint density at radius 3 is 2.58 bits per heavy atom. The summed E-state index contributed by atoms with van der Waals surface area (Å²) in [6.07, 6.45) is 0.594. The molecule has 0 saturated heterocycles. The molecule has 1 unspecified atom stereocenters. The van der Waals surface area contributed by atoms with E-state index < -0.39 is 6.10 Å². The maximum atomic E-state index is 11.6. The molecule has 0 radical (unpaired) electrons. The zero-order valence-corrected chi connectivity index (χ0v) is 14.0. The standard InChI is InChI=1S/C17H24N4O3/c1-12(2)14(22)8-10-18-17(23)19-11-9-15-20-21-16(24-15)13-6-4-3-5-7-13/h3-7,12,14,22H,8-11H2,1-2H3,(H2,18,19,23). The number of aliphatic hydroxyl groups is 1.